The van der Waals surface area contributed by atoms with E-state index in [0.717, 1.165) is 17.1 Å². The Hall–Kier alpha value is -8.20. The summed E-state index contributed by atoms with van der Waals surface area (Å²) in [4.78, 5) is 5.04. The lowest BCUT2D eigenvalue weighted by molar-refractivity contribution is 0.632. The Bertz CT molecular complexity index is 3560. The van der Waals surface area contributed by atoms with E-state index in [1.165, 1.54) is 93.9 Å². The van der Waals surface area contributed by atoms with Crippen molar-refractivity contribution in [3.63, 3.8) is 0 Å². The third kappa shape index (κ3) is 6.40. The number of anilines is 6. The molecule has 12 rings (SSSR count). The minimum Gasteiger partial charge on any atom is -0.310 e. The van der Waals surface area contributed by atoms with Crippen LogP contribution in [0.2, 0.25) is 0 Å². The molecule has 0 amide bonds. The van der Waals surface area contributed by atoms with Gasteiger partial charge in [-0.2, -0.15) is 0 Å². The Morgan fingerprint density at radius 2 is 0.831 bits per heavy atom. The summed E-state index contributed by atoms with van der Waals surface area (Å²) in [5.74, 6) is 0. The van der Waals surface area contributed by atoms with Crippen LogP contribution < -0.4 is 9.80 Å². The van der Waals surface area contributed by atoms with Gasteiger partial charge in [0.15, 0.2) is 0 Å². The van der Waals surface area contributed by atoms with E-state index in [2.05, 4.69) is 266 Å². The highest BCUT2D eigenvalue weighted by atomic mass is 15.2. The largest absolute Gasteiger partial charge is 0.310 e. The predicted molar refractivity (Wildman–Crippen MR) is 277 cm³/mol. The number of rotatable bonds is 7. The number of fused-ring (bicyclic) bond motifs is 5. The van der Waals surface area contributed by atoms with Crippen LogP contribution in [-0.4, -0.2) is 0 Å². The van der Waals surface area contributed by atoms with Crippen molar-refractivity contribution < 1.29 is 0 Å². The van der Waals surface area contributed by atoms with Crippen LogP contribution in [0, 0.1) is 0 Å². The molecule has 0 saturated carbocycles. The van der Waals surface area contributed by atoms with E-state index in [9.17, 15) is 0 Å². The molecular formula is C63H46N2. The number of hydrogen-bond acceptors (Lipinski definition) is 2. The Morgan fingerprint density at radius 3 is 1.52 bits per heavy atom. The van der Waals surface area contributed by atoms with Crippen LogP contribution in [0.4, 0.5) is 34.1 Å². The van der Waals surface area contributed by atoms with Gasteiger partial charge in [-0.25, -0.2) is 0 Å². The minimum atomic E-state index is -0.381. The molecule has 0 fully saturated rings. The second-order valence-electron chi connectivity index (χ2n) is 17.7. The average molecular weight is 831 g/mol. The summed E-state index contributed by atoms with van der Waals surface area (Å²) in [5, 5.41) is 7.38. The van der Waals surface area contributed by atoms with Crippen LogP contribution in [0.1, 0.15) is 25.0 Å². The molecule has 11 aromatic carbocycles. The second kappa shape index (κ2) is 15.6. The highest BCUT2D eigenvalue weighted by Crippen LogP contribution is 2.58. The van der Waals surface area contributed by atoms with Crippen molar-refractivity contribution in [3.8, 4) is 33.4 Å². The van der Waals surface area contributed by atoms with Gasteiger partial charge in [-0.05, 0) is 103 Å². The minimum absolute atomic E-state index is 0.381. The molecule has 0 bridgehead atoms. The van der Waals surface area contributed by atoms with Gasteiger partial charge < -0.3 is 9.80 Å². The van der Waals surface area contributed by atoms with E-state index in [0.29, 0.717) is 0 Å². The number of para-hydroxylation sites is 1. The van der Waals surface area contributed by atoms with Crippen molar-refractivity contribution in [3.05, 3.63) is 254 Å². The van der Waals surface area contributed by atoms with Crippen LogP contribution >= 0.6 is 0 Å². The van der Waals surface area contributed by atoms with Crippen molar-refractivity contribution in [2.45, 2.75) is 19.3 Å². The summed E-state index contributed by atoms with van der Waals surface area (Å²) in [7, 11) is 0. The third-order valence-corrected chi connectivity index (χ3v) is 13.6. The van der Waals surface area contributed by atoms with Crippen molar-refractivity contribution in [2.24, 2.45) is 0 Å². The lowest BCUT2D eigenvalue weighted by atomic mass is 9.72. The molecule has 1 aliphatic rings. The van der Waals surface area contributed by atoms with Crippen LogP contribution in [0.15, 0.2) is 243 Å². The predicted octanol–water partition coefficient (Wildman–Crippen LogP) is 17.7. The zero-order valence-electron chi connectivity index (χ0n) is 36.5. The standard InChI is InChI=1S/C63H46N2/c1-63(2)57-29-12-13-30-58(57)65(62-54-26-11-8-21-47(54)37-42-56(62)55-28-15-23-46-20-7-10-25-53(46)55)60-32-16-31-59(61(60)63)64(49-38-33-44(34-39-49)43-17-4-3-5-18-43)50-40-35-48(36-41-50)52-27-14-22-45-19-6-9-24-51(45)52/h3-42H,1-2H3. The van der Waals surface area contributed by atoms with Gasteiger partial charge in [0.05, 0.1) is 22.7 Å². The van der Waals surface area contributed by atoms with E-state index in [-0.39, 0.29) is 5.41 Å². The zero-order chi connectivity index (χ0) is 43.5. The Labute approximate surface area is 380 Å². The van der Waals surface area contributed by atoms with E-state index >= 15 is 0 Å². The maximum absolute atomic E-state index is 2.57. The fourth-order valence-corrected chi connectivity index (χ4v) is 10.5. The SMILES string of the molecule is CC1(C)c2ccccc2N(c2c(-c3cccc4ccccc34)ccc3ccccc23)c2cccc(N(c3ccc(-c4ccccc4)cc3)c3ccc(-c4cccc5ccccc45)cc3)c21. The molecule has 0 atom stereocenters. The van der Waals surface area contributed by atoms with Gasteiger partial charge in [0.1, 0.15) is 0 Å². The smallest absolute Gasteiger partial charge is 0.0618 e. The topological polar surface area (TPSA) is 6.48 Å². The summed E-state index contributed by atoms with van der Waals surface area (Å²) >= 11 is 0. The quantitative estimate of drug-likeness (QED) is 0.158. The molecule has 0 aromatic heterocycles. The molecule has 0 spiro atoms. The van der Waals surface area contributed by atoms with Gasteiger partial charge >= 0.3 is 0 Å². The molecule has 2 nitrogen and oxygen atoms in total. The Morgan fingerprint density at radius 1 is 0.338 bits per heavy atom. The first-order valence-corrected chi connectivity index (χ1v) is 22.6. The molecule has 308 valence electrons. The van der Waals surface area contributed by atoms with Gasteiger partial charge in [0.25, 0.3) is 0 Å². The summed E-state index contributed by atoms with van der Waals surface area (Å²) in [6.45, 7) is 4.81. The summed E-state index contributed by atoms with van der Waals surface area (Å²) in [5.41, 5.74) is 16.3. The van der Waals surface area contributed by atoms with E-state index < -0.39 is 0 Å². The molecule has 1 aliphatic heterocycles. The maximum Gasteiger partial charge on any atom is 0.0618 e. The second-order valence-corrected chi connectivity index (χ2v) is 17.7. The monoisotopic (exact) mass is 830 g/mol. The number of benzene rings is 11. The molecule has 1 heterocycles. The number of nitrogens with zero attached hydrogens (tertiary/aromatic N) is 2. The average Bonchev–Trinajstić information content (AvgIpc) is 3.37. The van der Waals surface area contributed by atoms with Crippen molar-refractivity contribution in [1.29, 1.82) is 0 Å². The van der Waals surface area contributed by atoms with E-state index in [4.69, 9.17) is 0 Å². The lowest BCUT2D eigenvalue weighted by Crippen LogP contribution is -2.32. The van der Waals surface area contributed by atoms with Crippen LogP contribution in [0.5, 0.6) is 0 Å². The first-order chi connectivity index (χ1) is 32.0. The fourth-order valence-electron chi connectivity index (χ4n) is 10.5. The summed E-state index contributed by atoms with van der Waals surface area (Å²) in [6.07, 6.45) is 0. The van der Waals surface area contributed by atoms with Gasteiger partial charge in [0.2, 0.25) is 0 Å². The van der Waals surface area contributed by atoms with Gasteiger partial charge in [-0.1, -0.05) is 214 Å². The summed E-state index contributed by atoms with van der Waals surface area (Å²) in [6, 6.07) is 89.1. The highest BCUT2D eigenvalue weighted by molar-refractivity contribution is 6.11. The molecule has 11 aromatic rings. The van der Waals surface area contributed by atoms with Crippen molar-refractivity contribution in [1.82, 2.24) is 0 Å². The molecular weight excluding hydrogens is 785 g/mol. The summed E-state index contributed by atoms with van der Waals surface area (Å²) < 4.78 is 0. The number of hydrogen-bond donors (Lipinski definition) is 0. The molecule has 0 N–H and O–H groups in total. The fraction of sp³-hybridized carbons (Fsp3) is 0.0476. The van der Waals surface area contributed by atoms with Gasteiger partial charge in [-0.15, -0.1) is 0 Å². The molecule has 0 radical (unpaired) electrons. The van der Waals surface area contributed by atoms with Crippen molar-refractivity contribution >= 4 is 66.4 Å². The van der Waals surface area contributed by atoms with E-state index in [1.807, 2.05) is 0 Å². The lowest BCUT2D eigenvalue weighted by Gasteiger charge is -2.45. The highest BCUT2D eigenvalue weighted by Gasteiger charge is 2.41. The Kier molecular flexibility index (Phi) is 9.21. The molecule has 2 heteroatoms. The normalized spacial score (nSPS) is 12.9. The van der Waals surface area contributed by atoms with Crippen LogP contribution in [0.25, 0.3) is 65.7 Å². The molecule has 65 heavy (non-hydrogen) atoms. The first-order valence-electron chi connectivity index (χ1n) is 22.6. The molecule has 0 unspecified atom stereocenters. The van der Waals surface area contributed by atoms with Gasteiger partial charge in [0, 0.05) is 33.3 Å². The molecule has 0 saturated heterocycles. The van der Waals surface area contributed by atoms with Crippen LogP contribution in [0.3, 0.4) is 0 Å². The van der Waals surface area contributed by atoms with Crippen LogP contribution in [-0.2, 0) is 5.41 Å². The first kappa shape index (κ1) is 38.5. The van der Waals surface area contributed by atoms with Gasteiger partial charge in [-0.3, -0.25) is 0 Å². The maximum atomic E-state index is 2.57. The zero-order valence-corrected chi connectivity index (χ0v) is 36.5. The Balaban J connectivity index is 1.11. The third-order valence-electron chi connectivity index (χ3n) is 13.6. The van der Waals surface area contributed by atoms with Crippen molar-refractivity contribution in [2.75, 3.05) is 9.80 Å². The molecule has 0 aliphatic carbocycles. The van der Waals surface area contributed by atoms with E-state index in [1.54, 1.807) is 0 Å².